The van der Waals surface area contributed by atoms with E-state index >= 15 is 0 Å². The maximum absolute atomic E-state index is 8.77. The molecule has 0 aliphatic heterocycles. The minimum Gasteiger partial charge on any atom is -0.383 e. The summed E-state index contributed by atoms with van der Waals surface area (Å²) in [5, 5.41) is 14.9. The minimum atomic E-state index is 0.227. The molecule has 0 aliphatic carbocycles. The van der Waals surface area contributed by atoms with Crippen LogP contribution in [0.3, 0.4) is 0 Å². The van der Waals surface area contributed by atoms with Crippen LogP contribution >= 0.6 is 11.3 Å². The van der Waals surface area contributed by atoms with Crippen molar-refractivity contribution in [1.82, 2.24) is 4.98 Å². The van der Waals surface area contributed by atoms with E-state index in [1.165, 1.54) is 0 Å². The Morgan fingerprint density at radius 1 is 1.42 bits per heavy atom. The molecule has 1 atom stereocenters. The van der Waals surface area contributed by atoms with Crippen LogP contribution in [0.15, 0.2) is 29.6 Å². The zero-order chi connectivity index (χ0) is 13.7. The molecule has 2 rings (SSSR count). The van der Waals surface area contributed by atoms with Gasteiger partial charge in [-0.1, -0.05) is 12.1 Å². The number of hydrogen-bond donors (Lipinski definition) is 1. The van der Waals surface area contributed by atoms with Crippen LogP contribution in [0.5, 0.6) is 0 Å². The van der Waals surface area contributed by atoms with Gasteiger partial charge in [-0.3, -0.25) is 0 Å². The third-order valence-corrected chi connectivity index (χ3v) is 3.37. The van der Waals surface area contributed by atoms with Gasteiger partial charge in [-0.2, -0.15) is 5.26 Å². The normalized spacial score (nSPS) is 11.8. The molecule has 0 radical (unpaired) electrons. The summed E-state index contributed by atoms with van der Waals surface area (Å²) < 4.78 is 5.08. The Balaban J connectivity index is 2.09. The van der Waals surface area contributed by atoms with Gasteiger partial charge >= 0.3 is 0 Å². The Morgan fingerprint density at radius 3 is 2.79 bits per heavy atom. The van der Waals surface area contributed by atoms with Gasteiger partial charge in [-0.15, -0.1) is 11.3 Å². The van der Waals surface area contributed by atoms with Crippen molar-refractivity contribution < 1.29 is 4.74 Å². The second-order valence-corrected chi connectivity index (χ2v) is 5.09. The van der Waals surface area contributed by atoms with Crippen LogP contribution in [-0.4, -0.2) is 24.7 Å². The topological polar surface area (TPSA) is 57.9 Å². The van der Waals surface area contributed by atoms with E-state index in [1.54, 1.807) is 30.6 Å². The van der Waals surface area contributed by atoms with Crippen LogP contribution in [-0.2, 0) is 4.74 Å². The van der Waals surface area contributed by atoms with Crippen LogP contribution in [0.1, 0.15) is 12.5 Å². The summed E-state index contributed by atoms with van der Waals surface area (Å²) in [5.74, 6) is 0. The van der Waals surface area contributed by atoms with Crippen molar-refractivity contribution in [2.24, 2.45) is 0 Å². The Kier molecular flexibility index (Phi) is 4.50. The fraction of sp³-hybridized carbons (Fsp3) is 0.286. The number of nitrogens with zero attached hydrogens (tertiary/aromatic N) is 2. The van der Waals surface area contributed by atoms with Crippen molar-refractivity contribution in [1.29, 1.82) is 5.26 Å². The molecule has 2 aromatic rings. The largest absolute Gasteiger partial charge is 0.383 e. The lowest BCUT2D eigenvalue weighted by Gasteiger charge is -2.10. The van der Waals surface area contributed by atoms with E-state index in [0.717, 1.165) is 16.4 Å². The van der Waals surface area contributed by atoms with Gasteiger partial charge in [0.25, 0.3) is 0 Å². The SMILES string of the molecule is COC[C@H](C)Nc1nc(-c2ccc(C#N)cc2)cs1. The van der Waals surface area contributed by atoms with Crippen molar-refractivity contribution in [3.63, 3.8) is 0 Å². The number of nitrogens with one attached hydrogen (secondary N) is 1. The molecule has 1 heterocycles. The molecule has 0 saturated carbocycles. The number of methoxy groups -OCH3 is 1. The van der Waals surface area contributed by atoms with Gasteiger partial charge in [0.2, 0.25) is 0 Å². The Morgan fingerprint density at radius 2 is 2.16 bits per heavy atom. The molecule has 19 heavy (non-hydrogen) atoms. The molecule has 5 heteroatoms. The third kappa shape index (κ3) is 3.53. The highest BCUT2D eigenvalue weighted by Crippen LogP contribution is 2.25. The average molecular weight is 273 g/mol. The molecule has 1 N–H and O–H groups in total. The number of nitriles is 1. The highest BCUT2D eigenvalue weighted by molar-refractivity contribution is 7.14. The van der Waals surface area contributed by atoms with Gasteiger partial charge in [-0.25, -0.2) is 4.98 Å². The number of ether oxygens (including phenoxy) is 1. The second-order valence-electron chi connectivity index (χ2n) is 4.23. The van der Waals surface area contributed by atoms with Gasteiger partial charge in [0.15, 0.2) is 5.13 Å². The summed E-state index contributed by atoms with van der Waals surface area (Å²) in [6.07, 6.45) is 0. The van der Waals surface area contributed by atoms with Gasteiger partial charge in [-0.05, 0) is 19.1 Å². The summed E-state index contributed by atoms with van der Waals surface area (Å²) in [6.45, 7) is 2.69. The molecule has 0 saturated heterocycles. The Bertz CT molecular complexity index is 571. The summed E-state index contributed by atoms with van der Waals surface area (Å²) >= 11 is 1.57. The molecular formula is C14H15N3OS. The first-order chi connectivity index (χ1) is 9.22. The Hall–Kier alpha value is -1.90. The number of anilines is 1. The van der Waals surface area contributed by atoms with Crippen molar-refractivity contribution in [3.05, 3.63) is 35.2 Å². The molecule has 1 aromatic carbocycles. The quantitative estimate of drug-likeness (QED) is 0.909. The smallest absolute Gasteiger partial charge is 0.183 e. The van der Waals surface area contributed by atoms with Gasteiger partial charge in [0.05, 0.1) is 23.9 Å². The van der Waals surface area contributed by atoms with E-state index in [0.29, 0.717) is 12.2 Å². The maximum atomic E-state index is 8.77. The molecule has 0 unspecified atom stereocenters. The van der Waals surface area contributed by atoms with Gasteiger partial charge < -0.3 is 10.1 Å². The first-order valence-corrected chi connectivity index (χ1v) is 6.82. The average Bonchev–Trinajstić information content (AvgIpc) is 2.87. The first kappa shape index (κ1) is 13.5. The fourth-order valence-electron chi connectivity index (χ4n) is 1.69. The number of benzene rings is 1. The third-order valence-electron chi connectivity index (χ3n) is 2.60. The zero-order valence-electron chi connectivity index (χ0n) is 10.9. The highest BCUT2D eigenvalue weighted by atomic mass is 32.1. The van der Waals surface area contributed by atoms with E-state index in [2.05, 4.69) is 16.4 Å². The lowest BCUT2D eigenvalue weighted by molar-refractivity contribution is 0.190. The number of thiazole rings is 1. The lowest BCUT2D eigenvalue weighted by atomic mass is 10.1. The monoisotopic (exact) mass is 273 g/mol. The molecule has 1 aromatic heterocycles. The predicted molar refractivity (Wildman–Crippen MR) is 77.2 cm³/mol. The van der Waals surface area contributed by atoms with E-state index in [1.807, 2.05) is 24.4 Å². The van der Waals surface area contributed by atoms with Crippen molar-refractivity contribution in [2.45, 2.75) is 13.0 Å². The zero-order valence-corrected chi connectivity index (χ0v) is 11.7. The molecular weight excluding hydrogens is 258 g/mol. The molecule has 4 nitrogen and oxygen atoms in total. The van der Waals surface area contributed by atoms with E-state index in [9.17, 15) is 0 Å². The minimum absolute atomic E-state index is 0.227. The van der Waals surface area contributed by atoms with Gasteiger partial charge in [0, 0.05) is 24.1 Å². The molecule has 0 spiro atoms. The fourth-order valence-corrected chi connectivity index (χ4v) is 2.52. The van der Waals surface area contributed by atoms with E-state index < -0.39 is 0 Å². The highest BCUT2D eigenvalue weighted by Gasteiger charge is 2.07. The number of hydrogen-bond acceptors (Lipinski definition) is 5. The molecule has 0 bridgehead atoms. The molecule has 0 amide bonds. The molecule has 0 aliphatic rings. The number of aromatic nitrogens is 1. The standard InChI is InChI=1S/C14H15N3OS/c1-10(8-18-2)16-14-17-13(9-19-14)12-5-3-11(7-15)4-6-12/h3-6,9-10H,8H2,1-2H3,(H,16,17)/t10-/m0/s1. The van der Waals surface area contributed by atoms with Crippen LogP contribution in [0.25, 0.3) is 11.3 Å². The lowest BCUT2D eigenvalue weighted by Crippen LogP contribution is -2.20. The summed E-state index contributed by atoms with van der Waals surface area (Å²) in [4.78, 5) is 4.53. The van der Waals surface area contributed by atoms with Crippen LogP contribution < -0.4 is 5.32 Å². The van der Waals surface area contributed by atoms with Crippen molar-refractivity contribution in [2.75, 3.05) is 19.0 Å². The number of rotatable bonds is 5. The predicted octanol–water partition coefficient (Wildman–Crippen LogP) is 3.13. The van der Waals surface area contributed by atoms with E-state index in [4.69, 9.17) is 10.00 Å². The molecule has 0 fully saturated rings. The summed E-state index contributed by atoms with van der Waals surface area (Å²) in [7, 11) is 1.68. The summed E-state index contributed by atoms with van der Waals surface area (Å²) in [6, 6.07) is 9.76. The maximum Gasteiger partial charge on any atom is 0.183 e. The second kappa shape index (κ2) is 6.32. The van der Waals surface area contributed by atoms with Crippen LogP contribution in [0, 0.1) is 11.3 Å². The first-order valence-electron chi connectivity index (χ1n) is 5.94. The van der Waals surface area contributed by atoms with E-state index in [-0.39, 0.29) is 6.04 Å². The van der Waals surface area contributed by atoms with Crippen LogP contribution in [0.4, 0.5) is 5.13 Å². The van der Waals surface area contributed by atoms with Crippen molar-refractivity contribution in [3.8, 4) is 17.3 Å². The van der Waals surface area contributed by atoms with Crippen molar-refractivity contribution >= 4 is 16.5 Å². The summed E-state index contributed by atoms with van der Waals surface area (Å²) in [5.41, 5.74) is 2.59. The Labute approximate surface area is 116 Å². The van der Waals surface area contributed by atoms with Crippen LogP contribution in [0.2, 0.25) is 0 Å². The van der Waals surface area contributed by atoms with Gasteiger partial charge in [0.1, 0.15) is 0 Å². The molecule has 98 valence electrons.